The molecule has 1 fully saturated rings. The van der Waals surface area contributed by atoms with Crippen LogP contribution in [0.2, 0.25) is 5.15 Å². The maximum Gasteiger partial charge on any atom is 0.243 e. The molecule has 0 atom stereocenters. The van der Waals surface area contributed by atoms with Gasteiger partial charge in [0, 0.05) is 19.0 Å². The van der Waals surface area contributed by atoms with Gasteiger partial charge in [-0.15, -0.1) is 0 Å². The lowest BCUT2D eigenvalue weighted by Crippen LogP contribution is -2.52. The van der Waals surface area contributed by atoms with Crippen LogP contribution in [-0.2, 0) is 10.0 Å². The van der Waals surface area contributed by atoms with Crippen LogP contribution in [0.4, 0.5) is 0 Å². The highest BCUT2D eigenvalue weighted by atomic mass is 35.5. The summed E-state index contributed by atoms with van der Waals surface area (Å²) >= 11 is 5.75. The van der Waals surface area contributed by atoms with Gasteiger partial charge in [0.15, 0.2) is 5.15 Å². The fourth-order valence-corrected chi connectivity index (χ4v) is 4.59. The van der Waals surface area contributed by atoms with Crippen molar-refractivity contribution < 1.29 is 13.2 Å². The van der Waals surface area contributed by atoms with Gasteiger partial charge in [-0.25, -0.2) is 8.42 Å². The van der Waals surface area contributed by atoms with Crippen molar-refractivity contribution in [1.29, 1.82) is 0 Å². The van der Waals surface area contributed by atoms with Crippen molar-refractivity contribution in [2.24, 2.45) is 5.92 Å². The molecule has 0 amide bonds. The van der Waals surface area contributed by atoms with Crippen LogP contribution in [0.15, 0.2) is 35.5 Å². The van der Waals surface area contributed by atoms with Gasteiger partial charge in [-0.05, 0) is 31.0 Å². The van der Waals surface area contributed by atoms with Gasteiger partial charge in [0.25, 0.3) is 0 Å². The van der Waals surface area contributed by atoms with Crippen molar-refractivity contribution in [3.05, 3.63) is 46.9 Å². The molecule has 1 saturated heterocycles. The molecule has 1 aromatic heterocycles. The lowest BCUT2D eigenvalue weighted by Gasteiger charge is -2.37. The Kier molecular flexibility index (Phi) is 4.76. The summed E-state index contributed by atoms with van der Waals surface area (Å²) in [6, 6.07) is 5.46. The quantitative estimate of drug-likeness (QED) is 0.811. The molecule has 6 nitrogen and oxygen atoms in total. The van der Waals surface area contributed by atoms with Crippen LogP contribution < -0.4 is 4.74 Å². The molecular formula is C16H18ClN3O3S. The number of ether oxygens (including phenoxy) is 1. The van der Waals surface area contributed by atoms with Crippen molar-refractivity contribution in [3.8, 4) is 5.88 Å². The van der Waals surface area contributed by atoms with E-state index >= 15 is 0 Å². The SMILES string of the molecule is Cc1ccc(C)c(S(=O)(=O)N2CC(COc3cncc(Cl)n3)C2)c1. The molecule has 2 aromatic rings. The minimum Gasteiger partial charge on any atom is -0.476 e. The van der Waals surface area contributed by atoms with Gasteiger partial charge < -0.3 is 4.74 Å². The molecule has 1 aromatic carbocycles. The third kappa shape index (κ3) is 3.53. The molecule has 1 aliphatic rings. The summed E-state index contributed by atoms with van der Waals surface area (Å²) < 4.78 is 32.4. The van der Waals surface area contributed by atoms with Gasteiger partial charge >= 0.3 is 0 Å². The van der Waals surface area contributed by atoms with E-state index in [0.717, 1.165) is 11.1 Å². The van der Waals surface area contributed by atoms with Crippen molar-refractivity contribution in [1.82, 2.24) is 14.3 Å². The van der Waals surface area contributed by atoms with E-state index in [4.69, 9.17) is 16.3 Å². The first kappa shape index (κ1) is 17.1. The number of halogens is 1. The Hall–Kier alpha value is -1.70. The van der Waals surface area contributed by atoms with Crippen LogP contribution in [0.5, 0.6) is 5.88 Å². The Morgan fingerprint density at radius 3 is 2.75 bits per heavy atom. The van der Waals surface area contributed by atoms with E-state index in [-0.39, 0.29) is 11.1 Å². The first-order chi connectivity index (χ1) is 11.4. The van der Waals surface area contributed by atoms with Crippen LogP contribution in [0.25, 0.3) is 0 Å². The van der Waals surface area contributed by atoms with Gasteiger partial charge in [0.1, 0.15) is 0 Å². The predicted molar refractivity (Wildman–Crippen MR) is 90.7 cm³/mol. The second kappa shape index (κ2) is 6.66. The zero-order chi connectivity index (χ0) is 17.3. The summed E-state index contributed by atoms with van der Waals surface area (Å²) in [4.78, 5) is 8.26. The number of nitrogens with zero attached hydrogens (tertiary/aromatic N) is 3. The maximum atomic E-state index is 12.7. The van der Waals surface area contributed by atoms with Crippen molar-refractivity contribution >= 4 is 21.6 Å². The van der Waals surface area contributed by atoms with Gasteiger partial charge in [-0.3, -0.25) is 4.98 Å². The summed E-state index contributed by atoms with van der Waals surface area (Å²) in [5, 5.41) is 0.264. The molecule has 0 saturated carbocycles. The molecule has 0 N–H and O–H groups in total. The number of hydrogen-bond donors (Lipinski definition) is 0. The lowest BCUT2D eigenvalue weighted by molar-refractivity contribution is 0.126. The summed E-state index contributed by atoms with van der Waals surface area (Å²) in [7, 11) is -3.45. The second-order valence-electron chi connectivity index (χ2n) is 5.95. The molecule has 0 unspecified atom stereocenters. The molecule has 0 radical (unpaired) electrons. The fourth-order valence-electron chi connectivity index (χ4n) is 2.55. The Morgan fingerprint density at radius 2 is 2.04 bits per heavy atom. The van der Waals surface area contributed by atoms with E-state index in [1.165, 1.54) is 16.7 Å². The molecule has 0 aliphatic carbocycles. The van der Waals surface area contributed by atoms with E-state index in [1.807, 2.05) is 26.0 Å². The molecular weight excluding hydrogens is 350 g/mol. The summed E-state index contributed by atoms with van der Waals surface area (Å²) in [6.07, 6.45) is 2.91. The zero-order valence-electron chi connectivity index (χ0n) is 13.4. The standard InChI is InChI=1S/C16H18ClN3O3S/c1-11-3-4-12(2)14(5-11)24(21,22)20-8-13(9-20)10-23-16-7-18-6-15(17)19-16/h3-7,13H,8-10H2,1-2H3. The van der Waals surface area contributed by atoms with E-state index in [0.29, 0.717) is 30.5 Å². The van der Waals surface area contributed by atoms with Crippen LogP contribution in [0.1, 0.15) is 11.1 Å². The number of sulfonamides is 1. The van der Waals surface area contributed by atoms with E-state index < -0.39 is 10.0 Å². The molecule has 128 valence electrons. The normalized spacial score (nSPS) is 16.0. The number of hydrogen-bond acceptors (Lipinski definition) is 5. The van der Waals surface area contributed by atoms with Crippen molar-refractivity contribution in [3.63, 3.8) is 0 Å². The maximum absolute atomic E-state index is 12.7. The summed E-state index contributed by atoms with van der Waals surface area (Å²) in [6.45, 7) is 4.95. The highest BCUT2D eigenvalue weighted by Crippen LogP contribution is 2.28. The lowest BCUT2D eigenvalue weighted by atomic mass is 10.1. The third-order valence-corrected chi connectivity index (χ3v) is 6.09. The predicted octanol–water partition coefficient (Wildman–Crippen LogP) is 2.45. The highest BCUT2D eigenvalue weighted by Gasteiger charge is 2.37. The number of aryl methyl sites for hydroxylation is 2. The summed E-state index contributed by atoms with van der Waals surface area (Å²) in [5.41, 5.74) is 1.69. The van der Waals surface area contributed by atoms with Gasteiger partial charge in [0.2, 0.25) is 15.9 Å². The number of rotatable bonds is 5. The largest absolute Gasteiger partial charge is 0.476 e. The van der Waals surface area contributed by atoms with Crippen molar-refractivity contribution in [2.45, 2.75) is 18.7 Å². The molecule has 24 heavy (non-hydrogen) atoms. The zero-order valence-corrected chi connectivity index (χ0v) is 15.0. The van der Waals surface area contributed by atoms with Crippen LogP contribution in [0, 0.1) is 19.8 Å². The van der Waals surface area contributed by atoms with Crippen LogP contribution in [-0.4, -0.2) is 42.4 Å². The van der Waals surface area contributed by atoms with Gasteiger partial charge in [0.05, 0.1) is 23.9 Å². The molecule has 0 spiro atoms. The Labute approximate surface area is 146 Å². The van der Waals surface area contributed by atoms with E-state index in [1.54, 1.807) is 6.07 Å². The number of aromatic nitrogens is 2. The Morgan fingerprint density at radius 1 is 1.29 bits per heavy atom. The van der Waals surface area contributed by atoms with Gasteiger partial charge in [-0.1, -0.05) is 23.7 Å². The smallest absolute Gasteiger partial charge is 0.243 e. The van der Waals surface area contributed by atoms with Gasteiger partial charge in [-0.2, -0.15) is 9.29 Å². The second-order valence-corrected chi connectivity index (χ2v) is 8.24. The molecule has 0 bridgehead atoms. The minimum atomic E-state index is -3.45. The third-order valence-electron chi connectivity index (χ3n) is 3.94. The van der Waals surface area contributed by atoms with Crippen LogP contribution in [0.3, 0.4) is 0 Å². The first-order valence-corrected chi connectivity index (χ1v) is 9.36. The molecule has 8 heteroatoms. The monoisotopic (exact) mass is 367 g/mol. The molecule has 1 aliphatic heterocycles. The average molecular weight is 368 g/mol. The molecule has 3 rings (SSSR count). The average Bonchev–Trinajstić information content (AvgIpc) is 2.48. The Balaban J connectivity index is 1.60. The highest BCUT2D eigenvalue weighted by molar-refractivity contribution is 7.89. The Bertz CT molecular complexity index is 851. The van der Waals surface area contributed by atoms with Crippen molar-refractivity contribution in [2.75, 3.05) is 19.7 Å². The van der Waals surface area contributed by atoms with Crippen LogP contribution >= 0.6 is 11.6 Å². The summed E-state index contributed by atoms with van der Waals surface area (Å²) in [5.74, 6) is 0.476. The molecule has 2 heterocycles. The fraction of sp³-hybridized carbons (Fsp3) is 0.375. The minimum absolute atomic E-state index is 0.130. The first-order valence-electron chi connectivity index (χ1n) is 7.54. The topological polar surface area (TPSA) is 72.4 Å². The number of benzene rings is 1. The van der Waals surface area contributed by atoms with E-state index in [2.05, 4.69) is 9.97 Å². The van der Waals surface area contributed by atoms with E-state index in [9.17, 15) is 8.42 Å².